The average Bonchev–Trinajstić information content (AvgIpc) is 2.57. The van der Waals surface area contributed by atoms with Gasteiger partial charge in [0.15, 0.2) is 8.32 Å². The molecule has 4 nitrogen and oxygen atoms in total. The van der Waals surface area contributed by atoms with E-state index in [1.54, 1.807) is 0 Å². The molecule has 0 saturated carbocycles. The van der Waals surface area contributed by atoms with Gasteiger partial charge in [0.25, 0.3) is 14.3 Å². The fraction of sp³-hybridized carbons (Fsp3) is 0.952. The Morgan fingerprint density at radius 1 is 0.963 bits per heavy atom. The van der Waals surface area contributed by atoms with Crippen LogP contribution in [0.4, 0.5) is 0 Å². The van der Waals surface area contributed by atoms with Crippen molar-refractivity contribution in [1.82, 2.24) is 4.90 Å². The molecule has 0 fully saturated rings. The van der Waals surface area contributed by atoms with Gasteiger partial charge in [-0.15, -0.1) is 0 Å². The smallest absolute Gasteiger partial charge is 0.296 e. The predicted octanol–water partition coefficient (Wildman–Crippen LogP) is 5.90. The second-order valence-electron chi connectivity index (χ2n) is 9.60. The number of nitrogens with zero attached hydrogens (tertiary/aromatic N) is 1. The molecule has 0 aliphatic carbocycles. The van der Waals surface area contributed by atoms with Crippen molar-refractivity contribution in [2.24, 2.45) is 5.92 Å². The molecule has 0 rings (SSSR count). The fourth-order valence-electron chi connectivity index (χ4n) is 4.30. The van der Waals surface area contributed by atoms with Crippen LogP contribution in [0.5, 0.6) is 0 Å². The number of hydrogen-bond donors (Lipinski definition) is 0. The highest BCUT2D eigenvalue weighted by Gasteiger charge is 2.48. The van der Waals surface area contributed by atoms with Crippen LogP contribution < -0.4 is 0 Å². The molecule has 1 atom stereocenters. The van der Waals surface area contributed by atoms with Crippen LogP contribution in [0.3, 0.4) is 0 Å². The van der Waals surface area contributed by atoms with E-state index >= 15 is 0 Å². The zero-order chi connectivity index (χ0) is 21.4. The Hall–Kier alpha value is -0.176. The van der Waals surface area contributed by atoms with Crippen molar-refractivity contribution in [2.45, 2.75) is 97.6 Å². The van der Waals surface area contributed by atoms with Gasteiger partial charge < -0.3 is 13.8 Å². The maximum Gasteiger partial charge on any atom is 0.296 e. The van der Waals surface area contributed by atoms with Gasteiger partial charge in [-0.3, -0.25) is 4.79 Å². The van der Waals surface area contributed by atoms with Crippen LogP contribution in [0.15, 0.2) is 0 Å². The van der Waals surface area contributed by atoms with Gasteiger partial charge in [0, 0.05) is 13.7 Å². The number of carbonyl (C=O) groups is 1. The van der Waals surface area contributed by atoms with Gasteiger partial charge in [-0.25, -0.2) is 0 Å². The summed E-state index contributed by atoms with van der Waals surface area (Å²) in [6.07, 6.45) is 1.13. The van der Waals surface area contributed by atoms with E-state index in [1.165, 1.54) is 0 Å². The van der Waals surface area contributed by atoms with Crippen LogP contribution in [0.2, 0.25) is 35.8 Å². The Labute approximate surface area is 171 Å². The molecule has 0 saturated heterocycles. The molecular formula is C21H47NO3Si2. The Balaban J connectivity index is 4.90. The van der Waals surface area contributed by atoms with Gasteiger partial charge in [0.2, 0.25) is 0 Å². The maximum absolute atomic E-state index is 13.0. The van der Waals surface area contributed by atoms with Gasteiger partial charge in [0.1, 0.15) is 0 Å². The van der Waals surface area contributed by atoms with Gasteiger partial charge >= 0.3 is 0 Å². The first-order valence-corrected chi connectivity index (χ1v) is 16.1. The van der Waals surface area contributed by atoms with Gasteiger partial charge in [-0.1, -0.05) is 55.4 Å². The largest absolute Gasteiger partial charge is 0.518 e. The molecule has 0 N–H and O–H groups in total. The zero-order valence-corrected chi connectivity index (χ0v) is 22.0. The Morgan fingerprint density at radius 3 is 1.81 bits per heavy atom. The van der Waals surface area contributed by atoms with Crippen molar-refractivity contribution in [2.75, 3.05) is 26.7 Å². The highest BCUT2D eigenvalue weighted by atomic mass is 28.4. The highest BCUT2D eigenvalue weighted by Crippen LogP contribution is 2.42. The molecule has 0 aromatic heterocycles. The summed E-state index contributed by atoms with van der Waals surface area (Å²) in [5.41, 5.74) is 1.28. The van der Waals surface area contributed by atoms with Crippen LogP contribution in [0.25, 0.3) is 0 Å². The number of hydrogen-bond acceptors (Lipinski definition) is 4. The first kappa shape index (κ1) is 26.8. The van der Waals surface area contributed by atoms with E-state index < -0.39 is 16.6 Å². The second-order valence-corrected chi connectivity index (χ2v) is 19.4. The van der Waals surface area contributed by atoms with Crippen LogP contribution in [0.1, 0.15) is 61.8 Å². The Morgan fingerprint density at radius 2 is 1.44 bits per heavy atom. The first-order valence-electron chi connectivity index (χ1n) is 10.8. The molecule has 6 heteroatoms. The minimum Gasteiger partial charge on any atom is -0.518 e. The van der Waals surface area contributed by atoms with E-state index in [-0.39, 0.29) is 11.9 Å². The summed E-state index contributed by atoms with van der Waals surface area (Å²) >= 11 is 0. The van der Waals surface area contributed by atoms with Crippen LogP contribution in [-0.4, -0.2) is 54.2 Å². The summed E-state index contributed by atoms with van der Waals surface area (Å²) in [7, 11) is -1.82. The molecule has 27 heavy (non-hydrogen) atoms. The first-order chi connectivity index (χ1) is 12.3. The standard InChI is InChI=1S/C21H47NO3Si2/c1-12-22(14-13-15-26(10,11)24-9)16-20(8)21(23)25-27(17(2)3,18(4)5)19(6)7/h17-20H,12-16H2,1-11H3. The predicted molar refractivity (Wildman–Crippen MR) is 122 cm³/mol. The molecule has 0 aromatic carbocycles. The molecule has 162 valence electrons. The van der Waals surface area contributed by atoms with E-state index in [1.807, 2.05) is 14.0 Å². The molecule has 0 aromatic rings. The van der Waals surface area contributed by atoms with E-state index in [2.05, 4.69) is 66.5 Å². The Kier molecular flexibility index (Phi) is 11.7. The van der Waals surface area contributed by atoms with Crippen LogP contribution >= 0.6 is 0 Å². The summed E-state index contributed by atoms with van der Waals surface area (Å²) < 4.78 is 12.0. The molecule has 0 aliphatic heterocycles. The molecule has 1 unspecified atom stereocenters. The minimum atomic E-state index is -2.15. The van der Waals surface area contributed by atoms with Crippen molar-refractivity contribution < 1.29 is 13.6 Å². The monoisotopic (exact) mass is 417 g/mol. The summed E-state index contributed by atoms with van der Waals surface area (Å²) in [6, 6.07) is 1.16. The quantitative estimate of drug-likeness (QED) is 0.349. The topological polar surface area (TPSA) is 38.8 Å². The summed E-state index contributed by atoms with van der Waals surface area (Å²) in [4.78, 5) is 15.4. The average molecular weight is 418 g/mol. The van der Waals surface area contributed by atoms with E-state index in [0.717, 1.165) is 32.1 Å². The maximum atomic E-state index is 13.0. The molecule has 0 aliphatic rings. The molecule has 0 amide bonds. The summed E-state index contributed by atoms with van der Waals surface area (Å²) in [6.45, 7) is 24.8. The molecular weight excluding hydrogens is 370 g/mol. The molecule has 0 heterocycles. The third kappa shape index (κ3) is 7.99. The third-order valence-electron chi connectivity index (χ3n) is 6.17. The van der Waals surface area contributed by atoms with Crippen molar-refractivity contribution in [3.8, 4) is 0 Å². The van der Waals surface area contributed by atoms with Gasteiger partial charge in [-0.05, 0) is 55.3 Å². The van der Waals surface area contributed by atoms with Crippen LogP contribution in [-0.2, 0) is 13.6 Å². The Bertz CT molecular complexity index is 417. The highest BCUT2D eigenvalue weighted by molar-refractivity contribution is 6.78. The van der Waals surface area contributed by atoms with Crippen molar-refractivity contribution in [3.63, 3.8) is 0 Å². The van der Waals surface area contributed by atoms with Crippen molar-refractivity contribution >= 4 is 22.6 Å². The number of rotatable bonds is 13. The second kappa shape index (κ2) is 11.7. The lowest BCUT2D eigenvalue weighted by atomic mass is 10.1. The molecule has 0 radical (unpaired) electrons. The van der Waals surface area contributed by atoms with Crippen molar-refractivity contribution in [1.29, 1.82) is 0 Å². The SMILES string of the molecule is CCN(CCC[Si](C)(C)OC)CC(C)C(=O)O[Si](C(C)C)(C(C)C)C(C)C. The van der Waals surface area contributed by atoms with Crippen LogP contribution in [0, 0.1) is 5.92 Å². The normalized spacial score (nSPS) is 14.5. The lowest BCUT2D eigenvalue weighted by Crippen LogP contribution is -2.50. The molecule has 0 bridgehead atoms. The zero-order valence-electron chi connectivity index (χ0n) is 20.0. The van der Waals surface area contributed by atoms with Gasteiger partial charge in [-0.2, -0.15) is 0 Å². The summed E-state index contributed by atoms with van der Waals surface area (Å²) in [5.74, 6) is -0.0800. The lowest BCUT2D eigenvalue weighted by molar-refractivity contribution is -0.140. The molecule has 0 spiro atoms. The van der Waals surface area contributed by atoms with E-state index in [9.17, 15) is 4.79 Å². The van der Waals surface area contributed by atoms with Crippen molar-refractivity contribution in [3.05, 3.63) is 0 Å². The minimum absolute atomic E-state index is 0.00260. The third-order valence-corrected chi connectivity index (χ3v) is 14.8. The van der Waals surface area contributed by atoms with E-state index in [4.69, 9.17) is 8.85 Å². The number of carbonyl (C=O) groups excluding carboxylic acids is 1. The van der Waals surface area contributed by atoms with E-state index in [0.29, 0.717) is 16.6 Å². The van der Waals surface area contributed by atoms with Gasteiger partial charge in [0.05, 0.1) is 5.92 Å². The fourth-order valence-corrected chi connectivity index (χ4v) is 10.8. The lowest BCUT2D eigenvalue weighted by Gasteiger charge is -2.42. The summed E-state index contributed by atoms with van der Waals surface area (Å²) in [5, 5.41) is 0.